The minimum atomic E-state index is -5.03. The Morgan fingerprint density at radius 2 is 1.52 bits per heavy atom. The van der Waals surface area contributed by atoms with E-state index in [2.05, 4.69) is 9.47 Å². The third-order valence-corrected chi connectivity index (χ3v) is 5.45. The number of hydrogen-bond acceptors (Lipinski definition) is 8. The van der Waals surface area contributed by atoms with Gasteiger partial charge in [-0.15, -0.1) is 0 Å². The van der Waals surface area contributed by atoms with Crippen molar-refractivity contribution in [2.45, 2.75) is 6.42 Å². The van der Waals surface area contributed by atoms with Crippen LogP contribution in [0.4, 0.5) is 0 Å². The van der Waals surface area contributed by atoms with E-state index in [1.807, 2.05) is 0 Å². The van der Waals surface area contributed by atoms with Crippen LogP contribution < -0.4 is 0 Å². The highest BCUT2D eigenvalue weighted by molar-refractivity contribution is 7.90. The molecule has 0 saturated carbocycles. The number of hydrogen-bond donors (Lipinski definition) is 1. The van der Waals surface area contributed by atoms with Gasteiger partial charge in [-0.1, -0.05) is 30.3 Å². The molecule has 9 nitrogen and oxygen atoms in total. The Kier molecular flexibility index (Phi) is 5.98. The van der Waals surface area contributed by atoms with E-state index in [1.165, 1.54) is 12.1 Å². The van der Waals surface area contributed by atoms with Crippen LogP contribution in [0, 0.1) is 0 Å². The number of ether oxygens (including phenoxy) is 2. The average molecular weight is 414 g/mol. The maximum Gasteiger partial charge on any atom is 0.339 e. The fraction of sp³-hybridized carbons (Fsp3) is 0.188. The molecule has 0 atom stereocenters. The average Bonchev–Trinajstić information content (AvgIpc) is 2.64. The number of allylic oxidation sites excluding steroid dienone is 2. The largest absolute Gasteiger partial charge is 0.465 e. The second kappa shape index (κ2) is 7.86. The van der Waals surface area contributed by atoms with Crippen LogP contribution >= 0.6 is 0 Å². The van der Waals surface area contributed by atoms with Crippen molar-refractivity contribution in [3.63, 3.8) is 0 Å². The number of carbonyl (C=O) groups is 2. The van der Waals surface area contributed by atoms with E-state index >= 15 is 0 Å². The predicted octanol–water partition coefficient (Wildman–Crippen LogP) is 0.383. The van der Waals surface area contributed by atoms with E-state index in [0.717, 1.165) is 14.2 Å². The molecule has 0 fully saturated rings. The summed E-state index contributed by atoms with van der Waals surface area (Å²) >= 11 is 0. The molecule has 0 heterocycles. The lowest BCUT2D eigenvalue weighted by Crippen LogP contribution is -2.28. The number of rotatable bonds is 4. The summed E-state index contributed by atoms with van der Waals surface area (Å²) in [6.45, 7) is 0. The molecule has 0 saturated heterocycles. The number of esters is 2. The maximum absolute atomic E-state index is 12.4. The molecule has 0 unspecified atom stereocenters. The molecule has 1 aliphatic rings. The predicted molar refractivity (Wildman–Crippen MR) is 94.5 cm³/mol. The molecule has 1 N–H and O–H groups in total. The molecule has 1 aliphatic carbocycles. The van der Waals surface area contributed by atoms with Gasteiger partial charge in [-0.2, -0.15) is 16.8 Å². The third-order valence-electron chi connectivity index (χ3n) is 3.73. The Morgan fingerprint density at radius 3 is 1.96 bits per heavy atom. The van der Waals surface area contributed by atoms with Crippen molar-refractivity contribution in [1.82, 2.24) is 0 Å². The lowest BCUT2D eigenvalue weighted by Gasteiger charge is -2.23. The number of benzene rings is 1. The summed E-state index contributed by atoms with van der Waals surface area (Å²) in [6.07, 6.45) is -0.829. The highest BCUT2D eigenvalue weighted by Gasteiger charge is 2.40. The molecule has 27 heavy (non-hydrogen) atoms. The third kappa shape index (κ3) is 3.99. The molecule has 1 aromatic carbocycles. The molecule has 0 radical (unpaired) electrons. The number of methoxy groups -OCH3 is 2. The first-order chi connectivity index (χ1) is 12.6. The zero-order valence-electron chi connectivity index (χ0n) is 14.1. The zero-order valence-corrected chi connectivity index (χ0v) is 15.8. The van der Waals surface area contributed by atoms with Crippen molar-refractivity contribution >= 4 is 42.8 Å². The monoisotopic (exact) mass is 414 g/mol. The first-order valence-electron chi connectivity index (χ1n) is 7.26. The normalized spacial score (nSPS) is 14.9. The second-order valence-electron chi connectivity index (χ2n) is 5.21. The first kappa shape index (κ1) is 20.6. The van der Waals surface area contributed by atoms with Crippen molar-refractivity contribution in [3.8, 4) is 0 Å². The van der Waals surface area contributed by atoms with Crippen LogP contribution in [0.2, 0.25) is 0 Å². The van der Waals surface area contributed by atoms with Gasteiger partial charge in [0.25, 0.3) is 10.1 Å². The van der Waals surface area contributed by atoms with Crippen LogP contribution in [-0.2, 0) is 39.5 Å². The highest BCUT2D eigenvalue weighted by atomic mass is 32.2. The summed E-state index contributed by atoms with van der Waals surface area (Å²) in [7, 11) is -6.08. The van der Waals surface area contributed by atoms with Gasteiger partial charge < -0.3 is 9.47 Å². The van der Waals surface area contributed by atoms with Crippen LogP contribution in [0.25, 0.3) is 5.57 Å². The molecule has 0 aromatic heterocycles. The summed E-state index contributed by atoms with van der Waals surface area (Å²) in [5.74, 6) is -2.41. The SMILES string of the molecule is COC(=O)C1=C(c2ccccc2)C(=S(=O)=O)CC(S(=O)(=O)O)=C1C(=O)OC. The summed E-state index contributed by atoms with van der Waals surface area (Å²) in [5.41, 5.74) is -1.38. The molecule has 2 rings (SSSR count). The standard InChI is InChI=1S/C16H14O9S2/c1-24-15(17)13-11(27(21,22)23)8-10(26(19)20)12(14(13)16(18)25-2)9-6-4-3-5-7-9/h3-7H,8H2,1-2H3,(H,21,22,23). The van der Waals surface area contributed by atoms with Crippen LogP contribution in [0.5, 0.6) is 0 Å². The van der Waals surface area contributed by atoms with Gasteiger partial charge in [0, 0.05) is 12.0 Å². The fourth-order valence-corrected chi connectivity index (χ4v) is 4.13. The van der Waals surface area contributed by atoms with Gasteiger partial charge in [0.15, 0.2) is 0 Å². The van der Waals surface area contributed by atoms with E-state index in [9.17, 15) is 31.0 Å². The summed E-state index contributed by atoms with van der Waals surface area (Å²) in [5, 5.41) is 0. The highest BCUT2D eigenvalue weighted by Crippen LogP contribution is 2.37. The van der Waals surface area contributed by atoms with E-state index in [4.69, 9.17) is 0 Å². The first-order valence-corrected chi connectivity index (χ1v) is 9.77. The molecule has 0 bridgehead atoms. The molecule has 11 heteroatoms. The van der Waals surface area contributed by atoms with Crippen molar-refractivity contribution in [2.24, 2.45) is 0 Å². The van der Waals surface area contributed by atoms with Crippen LogP contribution in [0.15, 0.2) is 46.4 Å². The van der Waals surface area contributed by atoms with Gasteiger partial charge in [-0.05, 0) is 5.56 Å². The van der Waals surface area contributed by atoms with Crippen molar-refractivity contribution in [3.05, 3.63) is 51.9 Å². The molecule has 0 aliphatic heterocycles. The Morgan fingerprint density at radius 1 is 1.00 bits per heavy atom. The number of carbonyl (C=O) groups excluding carboxylic acids is 2. The van der Waals surface area contributed by atoms with Gasteiger partial charge in [-0.3, -0.25) is 4.55 Å². The molecular formula is C16H14O9S2. The lowest BCUT2D eigenvalue weighted by atomic mass is 9.86. The van der Waals surface area contributed by atoms with E-state index in [1.54, 1.807) is 18.2 Å². The Balaban J connectivity index is 3.13. The zero-order chi connectivity index (χ0) is 20.4. The Hall–Kier alpha value is -2.76. The van der Waals surface area contributed by atoms with Crippen LogP contribution in [0.3, 0.4) is 0 Å². The van der Waals surface area contributed by atoms with Crippen molar-refractivity contribution < 1.29 is 40.5 Å². The van der Waals surface area contributed by atoms with Gasteiger partial charge in [-0.25, -0.2) is 9.59 Å². The minimum absolute atomic E-state index is 0.205. The summed E-state index contributed by atoms with van der Waals surface area (Å²) < 4.78 is 65.8. The van der Waals surface area contributed by atoms with Gasteiger partial charge in [0.2, 0.25) is 10.3 Å². The minimum Gasteiger partial charge on any atom is -0.465 e. The van der Waals surface area contributed by atoms with Crippen molar-refractivity contribution in [2.75, 3.05) is 14.2 Å². The van der Waals surface area contributed by atoms with Gasteiger partial charge in [0.1, 0.15) is 0 Å². The lowest BCUT2D eigenvalue weighted by molar-refractivity contribution is -0.139. The molecule has 0 spiro atoms. The molecular weight excluding hydrogens is 400 g/mol. The van der Waals surface area contributed by atoms with E-state index < -0.39 is 59.7 Å². The second-order valence-corrected chi connectivity index (χ2v) is 7.61. The van der Waals surface area contributed by atoms with Gasteiger partial charge in [0.05, 0.1) is 35.1 Å². The quantitative estimate of drug-likeness (QED) is 0.420. The molecule has 1 aromatic rings. The van der Waals surface area contributed by atoms with Crippen LogP contribution in [-0.4, -0.2) is 52.4 Å². The van der Waals surface area contributed by atoms with Crippen molar-refractivity contribution in [1.29, 1.82) is 0 Å². The van der Waals surface area contributed by atoms with E-state index in [0.29, 0.717) is 0 Å². The van der Waals surface area contributed by atoms with Gasteiger partial charge >= 0.3 is 11.9 Å². The maximum atomic E-state index is 12.4. The van der Waals surface area contributed by atoms with E-state index in [-0.39, 0.29) is 11.1 Å². The molecule has 0 amide bonds. The Labute approximate surface area is 156 Å². The molecule has 144 valence electrons. The summed E-state index contributed by atoms with van der Waals surface area (Å²) in [4.78, 5) is 23.2. The smallest absolute Gasteiger partial charge is 0.339 e. The van der Waals surface area contributed by atoms with Crippen LogP contribution in [0.1, 0.15) is 12.0 Å². The summed E-state index contributed by atoms with van der Waals surface area (Å²) in [6, 6.07) is 7.70. The topological polar surface area (TPSA) is 141 Å². The fourth-order valence-electron chi connectivity index (χ4n) is 2.62. The Bertz CT molecular complexity index is 1100.